The maximum absolute atomic E-state index is 12.3. The number of fused-ring (bicyclic) bond motifs is 1. The van der Waals surface area contributed by atoms with Crippen LogP contribution in [-0.2, 0) is 17.8 Å². The van der Waals surface area contributed by atoms with E-state index in [2.05, 4.69) is 29.2 Å². The number of likely N-dealkylation sites (tertiary alicyclic amines) is 1. The van der Waals surface area contributed by atoms with Gasteiger partial charge in [0.2, 0.25) is 5.91 Å². The minimum atomic E-state index is 0.319. The topological polar surface area (TPSA) is 23.6 Å². The van der Waals surface area contributed by atoms with E-state index in [-0.39, 0.29) is 0 Å². The van der Waals surface area contributed by atoms with Gasteiger partial charge in [0.15, 0.2) is 0 Å². The van der Waals surface area contributed by atoms with Crippen LogP contribution in [0.5, 0.6) is 0 Å². The molecule has 0 saturated carbocycles. The molecule has 1 aromatic rings. The summed E-state index contributed by atoms with van der Waals surface area (Å²) in [5.41, 5.74) is 2.84. The molecular weight excluding hydrogens is 236 g/mol. The van der Waals surface area contributed by atoms with Gasteiger partial charge < -0.3 is 4.90 Å². The van der Waals surface area contributed by atoms with Gasteiger partial charge in [-0.3, -0.25) is 9.69 Å². The Balaban J connectivity index is 1.58. The first-order chi connectivity index (χ1) is 9.33. The van der Waals surface area contributed by atoms with Crippen LogP contribution in [0.15, 0.2) is 24.3 Å². The molecule has 0 atom stereocenters. The van der Waals surface area contributed by atoms with Gasteiger partial charge in [0.05, 0.1) is 6.54 Å². The highest BCUT2D eigenvalue weighted by Gasteiger charge is 2.22. The second-order valence-electron chi connectivity index (χ2n) is 5.67. The molecule has 0 unspecified atom stereocenters. The van der Waals surface area contributed by atoms with Crippen molar-refractivity contribution in [3.8, 4) is 0 Å². The van der Waals surface area contributed by atoms with Crippen molar-refractivity contribution in [2.45, 2.75) is 32.2 Å². The average molecular weight is 258 g/mol. The summed E-state index contributed by atoms with van der Waals surface area (Å²) >= 11 is 0. The first-order valence-electron chi connectivity index (χ1n) is 7.40. The molecule has 0 N–H and O–H groups in total. The van der Waals surface area contributed by atoms with Gasteiger partial charge in [-0.05, 0) is 36.8 Å². The molecule has 1 amide bonds. The van der Waals surface area contributed by atoms with Crippen LogP contribution in [0.2, 0.25) is 0 Å². The fourth-order valence-corrected chi connectivity index (χ4v) is 3.12. The maximum Gasteiger partial charge on any atom is 0.236 e. The van der Waals surface area contributed by atoms with Gasteiger partial charge in [-0.25, -0.2) is 0 Å². The van der Waals surface area contributed by atoms with E-state index in [4.69, 9.17) is 0 Å². The molecule has 2 aliphatic heterocycles. The minimum absolute atomic E-state index is 0.319. The van der Waals surface area contributed by atoms with Crippen molar-refractivity contribution in [1.82, 2.24) is 9.80 Å². The van der Waals surface area contributed by atoms with Crippen LogP contribution < -0.4 is 0 Å². The lowest BCUT2D eigenvalue weighted by molar-refractivity contribution is -0.133. The van der Waals surface area contributed by atoms with Gasteiger partial charge in [-0.2, -0.15) is 0 Å². The van der Waals surface area contributed by atoms with Gasteiger partial charge in [0.1, 0.15) is 0 Å². The van der Waals surface area contributed by atoms with Crippen molar-refractivity contribution in [1.29, 1.82) is 0 Å². The molecule has 3 heteroatoms. The number of piperidine rings is 1. The van der Waals surface area contributed by atoms with E-state index in [0.717, 1.165) is 32.6 Å². The Bertz CT molecular complexity index is 452. The standard InChI is InChI=1S/C16H22N2O/c19-16(18-9-4-1-5-10-18)13-17-11-8-14-6-2-3-7-15(14)12-17/h2-3,6-7H,1,4-5,8-13H2. The van der Waals surface area contributed by atoms with E-state index >= 15 is 0 Å². The quantitative estimate of drug-likeness (QED) is 0.810. The number of benzene rings is 1. The third-order valence-electron chi connectivity index (χ3n) is 4.28. The van der Waals surface area contributed by atoms with Crippen molar-refractivity contribution in [2.24, 2.45) is 0 Å². The number of nitrogens with zero attached hydrogens (tertiary/aromatic N) is 2. The van der Waals surface area contributed by atoms with Gasteiger partial charge in [0.25, 0.3) is 0 Å². The molecule has 2 heterocycles. The van der Waals surface area contributed by atoms with Crippen molar-refractivity contribution < 1.29 is 4.79 Å². The Kier molecular flexibility index (Phi) is 3.83. The third kappa shape index (κ3) is 2.98. The molecule has 1 aromatic carbocycles. The van der Waals surface area contributed by atoms with Crippen LogP contribution >= 0.6 is 0 Å². The lowest BCUT2D eigenvalue weighted by Crippen LogP contribution is -2.44. The van der Waals surface area contributed by atoms with Gasteiger partial charge in [0, 0.05) is 26.2 Å². The summed E-state index contributed by atoms with van der Waals surface area (Å²) < 4.78 is 0. The molecule has 3 nitrogen and oxygen atoms in total. The normalized spacial score (nSPS) is 20.1. The summed E-state index contributed by atoms with van der Waals surface area (Å²) in [6.07, 6.45) is 4.70. The molecule has 2 aliphatic rings. The van der Waals surface area contributed by atoms with E-state index in [1.54, 1.807) is 0 Å². The maximum atomic E-state index is 12.3. The van der Waals surface area contributed by atoms with Crippen LogP contribution in [0.4, 0.5) is 0 Å². The van der Waals surface area contributed by atoms with Crippen molar-refractivity contribution >= 4 is 5.91 Å². The van der Waals surface area contributed by atoms with Crippen LogP contribution in [0.1, 0.15) is 30.4 Å². The van der Waals surface area contributed by atoms with E-state index in [1.165, 1.54) is 30.4 Å². The average Bonchev–Trinajstić information content (AvgIpc) is 2.48. The molecular formula is C16H22N2O. The van der Waals surface area contributed by atoms with Crippen LogP contribution in [0.3, 0.4) is 0 Å². The zero-order chi connectivity index (χ0) is 13.1. The van der Waals surface area contributed by atoms with Gasteiger partial charge >= 0.3 is 0 Å². The molecule has 0 radical (unpaired) electrons. The highest BCUT2D eigenvalue weighted by molar-refractivity contribution is 5.78. The number of hydrogen-bond acceptors (Lipinski definition) is 2. The van der Waals surface area contributed by atoms with E-state index in [1.807, 2.05) is 4.90 Å². The minimum Gasteiger partial charge on any atom is -0.342 e. The predicted octanol–water partition coefficient (Wildman–Crippen LogP) is 2.06. The van der Waals surface area contributed by atoms with Gasteiger partial charge in [-0.15, -0.1) is 0 Å². The number of amides is 1. The zero-order valence-corrected chi connectivity index (χ0v) is 11.5. The molecule has 102 valence electrons. The van der Waals surface area contributed by atoms with Crippen molar-refractivity contribution in [3.63, 3.8) is 0 Å². The van der Waals surface area contributed by atoms with Crippen molar-refractivity contribution in [2.75, 3.05) is 26.2 Å². The highest BCUT2D eigenvalue weighted by Crippen LogP contribution is 2.18. The molecule has 19 heavy (non-hydrogen) atoms. The van der Waals surface area contributed by atoms with E-state index in [9.17, 15) is 4.79 Å². The lowest BCUT2D eigenvalue weighted by Gasteiger charge is -2.32. The summed E-state index contributed by atoms with van der Waals surface area (Å²) in [6, 6.07) is 8.59. The highest BCUT2D eigenvalue weighted by atomic mass is 16.2. The molecule has 0 aliphatic carbocycles. The van der Waals surface area contributed by atoms with E-state index < -0.39 is 0 Å². The fraction of sp³-hybridized carbons (Fsp3) is 0.562. The lowest BCUT2D eigenvalue weighted by atomic mass is 10.00. The summed E-state index contributed by atoms with van der Waals surface area (Å²) in [7, 11) is 0. The Labute approximate surface area is 115 Å². The molecule has 1 saturated heterocycles. The number of hydrogen-bond donors (Lipinski definition) is 0. The Hall–Kier alpha value is -1.35. The summed E-state index contributed by atoms with van der Waals surface area (Å²) in [6.45, 7) is 4.45. The molecule has 1 fully saturated rings. The van der Waals surface area contributed by atoms with Crippen molar-refractivity contribution in [3.05, 3.63) is 35.4 Å². The molecule has 0 spiro atoms. The first-order valence-corrected chi connectivity index (χ1v) is 7.40. The van der Waals surface area contributed by atoms with Crippen LogP contribution in [0, 0.1) is 0 Å². The number of carbonyl (C=O) groups is 1. The molecule has 0 aromatic heterocycles. The third-order valence-corrected chi connectivity index (χ3v) is 4.28. The largest absolute Gasteiger partial charge is 0.342 e. The first kappa shape index (κ1) is 12.7. The zero-order valence-electron chi connectivity index (χ0n) is 11.5. The fourth-order valence-electron chi connectivity index (χ4n) is 3.12. The Morgan fingerprint density at radius 3 is 2.53 bits per heavy atom. The summed E-state index contributed by atoms with van der Waals surface area (Å²) in [4.78, 5) is 16.6. The van der Waals surface area contributed by atoms with E-state index in [0.29, 0.717) is 12.5 Å². The smallest absolute Gasteiger partial charge is 0.236 e. The Morgan fingerprint density at radius 1 is 1.00 bits per heavy atom. The number of carbonyl (C=O) groups excluding carboxylic acids is 1. The summed E-state index contributed by atoms with van der Waals surface area (Å²) in [5, 5.41) is 0. The Morgan fingerprint density at radius 2 is 1.74 bits per heavy atom. The predicted molar refractivity (Wildman–Crippen MR) is 75.9 cm³/mol. The number of rotatable bonds is 2. The second kappa shape index (κ2) is 5.74. The molecule has 3 rings (SSSR count). The monoisotopic (exact) mass is 258 g/mol. The van der Waals surface area contributed by atoms with Crippen LogP contribution in [-0.4, -0.2) is 41.9 Å². The SMILES string of the molecule is O=C(CN1CCc2ccccc2C1)N1CCCCC1. The second-order valence-corrected chi connectivity index (χ2v) is 5.67. The molecule has 0 bridgehead atoms. The summed E-state index contributed by atoms with van der Waals surface area (Å²) in [5.74, 6) is 0.319. The van der Waals surface area contributed by atoms with Gasteiger partial charge in [-0.1, -0.05) is 24.3 Å². The van der Waals surface area contributed by atoms with Crippen LogP contribution in [0.25, 0.3) is 0 Å².